The van der Waals surface area contributed by atoms with Gasteiger partial charge in [-0.3, -0.25) is 9.59 Å². The quantitative estimate of drug-likeness (QED) is 0.784. The van der Waals surface area contributed by atoms with E-state index in [1.54, 1.807) is 6.08 Å². The lowest BCUT2D eigenvalue weighted by Gasteiger charge is -1.99. The van der Waals surface area contributed by atoms with Gasteiger partial charge in [-0.25, -0.2) is 0 Å². The smallest absolute Gasteiger partial charge is 0.309 e. The first kappa shape index (κ1) is 14.0. The van der Waals surface area contributed by atoms with Crippen molar-refractivity contribution in [3.63, 3.8) is 0 Å². The number of hydrogen-bond donors (Lipinski definition) is 1. The molecular weight excluding hydrogens is 232 g/mol. The van der Waals surface area contributed by atoms with Crippen molar-refractivity contribution in [3.05, 3.63) is 41.5 Å². The van der Waals surface area contributed by atoms with Gasteiger partial charge in [0.15, 0.2) is 0 Å². The minimum absolute atomic E-state index is 0.136. The van der Waals surface area contributed by atoms with Crippen LogP contribution >= 0.6 is 0 Å². The molecule has 1 aromatic carbocycles. The molecule has 18 heavy (non-hydrogen) atoms. The molecule has 1 rings (SSSR count). The predicted octanol–water partition coefficient (Wildman–Crippen LogP) is 2.28. The van der Waals surface area contributed by atoms with Gasteiger partial charge in [0.2, 0.25) is 0 Å². The zero-order valence-electron chi connectivity index (χ0n) is 10.3. The average Bonchev–Trinajstić information content (AvgIpc) is 2.37. The fourth-order valence-electron chi connectivity index (χ4n) is 1.42. The van der Waals surface area contributed by atoms with E-state index in [9.17, 15) is 9.59 Å². The molecule has 0 fully saturated rings. The van der Waals surface area contributed by atoms with Crippen LogP contribution in [0.4, 0.5) is 0 Å². The van der Waals surface area contributed by atoms with Crippen molar-refractivity contribution >= 4 is 18.0 Å². The van der Waals surface area contributed by atoms with Crippen LogP contribution in [0.15, 0.2) is 30.3 Å². The van der Waals surface area contributed by atoms with Gasteiger partial charge in [0.05, 0.1) is 13.5 Å². The second-order valence-electron chi connectivity index (χ2n) is 3.82. The van der Waals surface area contributed by atoms with E-state index in [1.807, 2.05) is 30.3 Å². The van der Waals surface area contributed by atoms with Crippen molar-refractivity contribution in [2.24, 2.45) is 0 Å². The van der Waals surface area contributed by atoms with Crippen molar-refractivity contribution in [3.8, 4) is 0 Å². The van der Waals surface area contributed by atoms with Crippen LogP contribution in [-0.2, 0) is 20.7 Å². The van der Waals surface area contributed by atoms with Gasteiger partial charge in [0, 0.05) is 6.42 Å². The summed E-state index contributed by atoms with van der Waals surface area (Å²) >= 11 is 0. The number of carboxylic acid groups (broad SMARTS) is 1. The topological polar surface area (TPSA) is 63.6 Å². The monoisotopic (exact) mass is 248 g/mol. The molecule has 96 valence electrons. The van der Waals surface area contributed by atoms with Gasteiger partial charge >= 0.3 is 11.9 Å². The number of carboxylic acids is 1. The van der Waals surface area contributed by atoms with Crippen molar-refractivity contribution < 1.29 is 19.4 Å². The summed E-state index contributed by atoms with van der Waals surface area (Å²) in [7, 11) is 1.35. The highest BCUT2D eigenvalue weighted by molar-refractivity contribution is 5.72. The fourth-order valence-corrected chi connectivity index (χ4v) is 1.42. The number of esters is 1. The molecular formula is C14H16O4. The van der Waals surface area contributed by atoms with Crippen molar-refractivity contribution in [1.29, 1.82) is 0 Å². The van der Waals surface area contributed by atoms with E-state index in [1.165, 1.54) is 7.11 Å². The molecule has 0 saturated carbocycles. The lowest BCUT2D eigenvalue weighted by molar-refractivity contribution is -0.139. The zero-order chi connectivity index (χ0) is 13.4. The Labute approximate surface area is 106 Å². The molecule has 0 saturated heterocycles. The number of benzene rings is 1. The fraction of sp³-hybridized carbons (Fsp3) is 0.286. The molecule has 0 aromatic heterocycles. The maximum atomic E-state index is 10.9. The molecule has 0 aliphatic heterocycles. The Morgan fingerprint density at radius 3 is 2.50 bits per heavy atom. The summed E-state index contributed by atoms with van der Waals surface area (Å²) in [4.78, 5) is 21.3. The molecule has 0 radical (unpaired) electrons. The molecule has 0 aliphatic rings. The first-order valence-corrected chi connectivity index (χ1v) is 5.66. The molecule has 0 aliphatic carbocycles. The molecule has 0 atom stereocenters. The van der Waals surface area contributed by atoms with E-state index in [4.69, 9.17) is 5.11 Å². The molecule has 1 aromatic rings. The number of methoxy groups -OCH3 is 1. The van der Waals surface area contributed by atoms with Gasteiger partial charge < -0.3 is 9.84 Å². The van der Waals surface area contributed by atoms with E-state index in [0.29, 0.717) is 6.42 Å². The molecule has 0 unspecified atom stereocenters. The van der Waals surface area contributed by atoms with Crippen LogP contribution in [0.5, 0.6) is 0 Å². The van der Waals surface area contributed by atoms with Crippen molar-refractivity contribution in [2.45, 2.75) is 19.3 Å². The Balaban J connectivity index is 2.49. The van der Waals surface area contributed by atoms with E-state index < -0.39 is 5.97 Å². The minimum Gasteiger partial charge on any atom is -0.481 e. The summed E-state index contributed by atoms with van der Waals surface area (Å²) < 4.78 is 4.52. The number of carbonyl (C=O) groups excluding carboxylic acids is 1. The van der Waals surface area contributed by atoms with Gasteiger partial charge in [0.1, 0.15) is 0 Å². The summed E-state index contributed by atoms with van der Waals surface area (Å²) in [6.45, 7) is 0. The lowest BCUT2D eigenvalue weighted by Crippen LogP contribution is -1.97. The van der Waals surface area contributed by atoms with Gasteiger partial charge in [0.25, 0.3) is 0 Å². The van der Waals surface area contributed by atoms with Crippen LogP contribution in [-0.4, -0.2) is 24.2 Å². The van der Waals surface area contributed by atoms with Crippen molar-refractivity contribution in [1.82, 2.24) is 0 Å². The molecule has 0 spiro atoms. The summed E-state index contributed by atoms with van der Waals surface area (Å²) in [5.41, 5.74) is 1.96. The predicted molar refractivity (Wildman–Crippen MR) is 68.1 cm³/mol. The maximum Gasteiger partial charge on any atom is 0.309 e. The second-order valence-corrected chi connectivity index (χ2v) is 3.82. The van der Waals surface area contributed by atoms with Gasteiger partial charge in [-0.05, 0) is 17.5 Å². The molecule has 4 heteroatoms. The number of aryl methyl sites for hydroxylation is 1. The number of hydrogen-bond acceptors (Lipinski definition) is 3. The van der Waals surface area contributed by atoms with Crippen molar-refractivity contribution in [2.75, 3.05) is 7.11 Å². The van der Waals surface area contributed by atoms with E-state index in [0.717, 1.165) is 11.1 Å². The molecule has 0 amide bonds. The standard InChI is InChI=1S/C14H16O4/c1-18-14(17)4-2-3-11-5-7-12(8-6-11)9-10-13(15)16/h2-3,5-8H,4,9-10H2,1H3,(H,15,16). The Hall–Kier alpha value is -2.10. The SMILES string of the molecule is COC(=O)CC=Cc1ccc(CCC(=O)O)cc1. The molecule has 1 N–H and O–H groups in total. The Morgan fingerprint density at radius 1 is 1.28 bits per heavy atom. The molecule has 0 bridgehead atoms. The van der Waals surface area contributed by atoms with Gasteiger partial charge in [-0.15, -0.1) is 0 Å². The lowest BCUT2D eigenvalue weighted by atomic mass is 10.1. The van der Waals surface area contributed by atoms with Crippen LogP contribution in [0.1, 0.15) is 24.0 Å². The van der Waals surface area contributed by atoms with Gasteiger partial charge in [-0.1, -0.05) is 36.4 Å². The summed E-state index contributed by atoms with van der Waals surface area (Å²) in [6.07, 6.45) is 4.48. The Bertz CT molecular complexity index is 432. The van der Waals surface area contributed by atoms with E-state index in [2.05, 4.69) is 4.74 Å². The Morgan fingerprint density at radius 2 is 1.94 bits per heavy atom. The zero-order valence-corrected chi connectivity index (χ0v) is 10.3. The van der Waals surface area contributed by atoms with Crippen LogP contribution in [0.3, 0.4) is 0 Å². The minimum atomic E-state index is -0.794. The maximum absolute atomic E-state index is 10.9. The van der Waals surface area contributed by atoms with Crippen LogP contribution in [0.2, 0.25) is 0 Å². The van der Waals surface area contributed by atoms with Crippen LogP contribution in [0, 0.1) is 0 Å². The van der Waals surface area contributed by atoms with Crippen LogP contribution in [0.25, 0.3) is 6.08 Å². The third-order valence-corrected chi connectivity index (χ3v) is 2.43. The number of aliphatic carboxylic acids is 1. The largest absolute Gasteiger partial charge is 0.481 e. The van der Waals surface area contributed by atoms with E-state index in [-0.39, 0.29) is 18.8 Å². The van der Waals surface area contributed by atoms with Gasteiger partial charge in [-0.2, -0.15) is 0 Å². The average molecular weight is 248 g/mol. The number of rotatable bonds is 6. The summed E-state index contributed by atoms with van der Waals surface area (Å²) in [5.74, 6) is -1.07. The molecule has 0 heterocycles. The summed E-state index contributed by atoms with van der Waals surface area (Å²) in [6, 6.07) is 7.57. The third kappa shape index (κ3) is 5.30. The third-order valence-electron chi connectivity index (χ3n) is 2.43. The highest BCUT2D eigenvalue weighted by Crippen LogP contribution is 2.08. The highest BCUT2D eigenvalue weighted by Gasteiger charge is 1.99. The first-order chi connectivity index (χ1) is 8.61. The second kappa shape index (κ2) is 7.27. The van der Waals surface area contributed by atoms with Crippen LogP contribution < -0.4 is 0 Å². The first-order valence-electron chi connectivity index (χ1n) is 5.66. The normalized spacial score (nSPS) is 10.5. The number of ether oxygens (including phenoxy) is 1. The molecule has 4 nitrogen and oxygen atoms in total. The Kier molecular flexibility index (Phi) is 5.64. The highest BCUT2D eigenvalue weighted by atomic mass is 16.5. The summed E-state index contributed by atoms with van der Waals surface area (Å²) in [5, 5.41) is 8.57. The number of carbonyl (C=O) groups is 2. The van der Waals surface area contributed by atoms with E-state index >= 15 is 0 Å².